The Labute approximate surface area is 192 Å². The van der Waals surface area contributed by atoms with E-state index < -0.39 is 0 Å². The fraction of sp³-hybridized carbons (Fsp3) is 0.391. The smallest absolute Gasteiger partial charge is 0.266 e. The number of methoxy groups -OCH3 is 1. The Morgan fingerprint density at radius 1 is 1.10 bits per heavy atom. The van der Waals surface area contributed by atoms with E-state index in [0.717, 1.165) is 35.4 Å². The van der Waals surface area contributed by atoms with Crippen molar-refractivity contribution in [1.82, 2.24) is 9.88 Å². The Bertz CT molecular complexity index is 1020. The molecule has 0 fully saturated rings. The van der Waals surface area contributed by atoms with Gasteiger partial charge in [-0.2, -0.15) is 0 Å². The first-order valence-corrected chi connectivity index (χ1v) is 11.5. The Hall–Kier alpha value is -2.35. The summed E-state index contributed by atoms with van der Waals surface area (Å²) in [5, 5.41) is 1.28. The lowest BCUT2D eigenvalue weighted by Gasteiger charge is -2.24. The number of nitrogens with zero attached hydrogens (tertiary/aromatic N) is 3. The van der Waals surface area contributed by atoms with E-state index in [9.17, 15) is 4.79 Å². The molecule has 1 aromatic heterocycles. The molecule has 0 aliphatic carbocycles. The number of thiazole rings is 1. The predicted molar refractivity (Wildman–Crippen MR) is 128 cm³/mol. The van der Waals surface area contributed by atoms with Gasteiger partial charge in [0, 0.05) is 18.1 Å². The zero-order valence-electron chi connectivity index (χ0n) is 18.4. The first-order chi connectivity index (χ1) is 15.0. The lowest BCUT2D eigenvalue weighted by Crippen LogP contribution is -2.41. The molecule has 0 aliphatic heterocycles. The summed E-state index contributed by atoms with van der Waals surface area (Å²) in [5.74, 6) is 1.16. The highest BCUT2D eigenvalue weighted by Gasteiger charge is 2.22. The van der Waals surface area contributed by atoms with E-state index >= 15 is 0 Å². The number of rotatable bonds is 10. The highest BCUT2D eigenvalue weighted by molar-refractivity contribution is 7.22. The molecule has 6 nitrogen and oxygen atoms in total. The number of carbonyl (C=O) groups excluding carboxylic acids is 1. The van der Waals surface area contributed by atoms with Crippen molar-refractivity contribution in [2.75, 3.05) is 44.8 Å². The fourth-order valence-corrected chi connectivity index (χ4v) is 4.46. The van der Waals surface area contributed by atoms with Crippen molar-refractivity contribution in [1.29, 1.82) is 0 Å². The maximum Gasteiger partial charge on any atom is 0.266 e. The Morgan fingerprint density at radius 2 is 1.81 bits per heavy atom. The Kier molecular flexibility index (Phi) is 8.12. The van der Waals surface area contributed by atoms with Gasteiger partial charge in [-0.25, -0.2) is 4.98 Å². The average molecular weight is 462 g/mol. The van der Waals surface area contributed by atoms with Gasteiger partial charge < -0.3 is 14.4 Å². The third kappa shape index (κ3) is 5.67. The largest absolute Gasteiger partial charge is 0.494 e. The van der Waals surface area contributed by atoms with Gasteiger partial charge in [0.25, 0.3) is 5.91 Å². The van der Waals surface area contributed by atoms with E-state index in [1.807, 2.05) is 19.1 Å². The molecule has 0 atom stereocenters. The molecular weight excluding hydrogens is 434 g/mol. The second-order valence-corrected chi connectivity index (χ2v) is 8.49. The lowest BCUT2D eigenvalue weighted by atomic mass is 10.2. The van der Waals surface area contributed by atoms with Crippen LogP contribution in [0.4, 0.5) is 5.13 Å². The molecule has 0 saturated carbocycles. The number of carbonyl (C=O) groups is 1. The number of fused-ring (bicyclic) bond motifs is 1. The Balaban J connectivity index is 1.86. The number of hydrogen-bond donors (Lipinski definition) is 0. The van der Waals surface area contributed by atoms with Crippen molar-refractivity contribution in [2.45, 2.75) is 20.8 Å². The van der Waals surface area contributed by atoms with Gasteiger partial charge in [0.2, 0.25) is 0 Å². The number of aryl methyl sites for hydroxylation is 1. The van der Waals surface area contributed by atoms with Crippen molar-refractivity contribution in [2.24, 2.45) is 0 Å². The minimum Gasteiger partial charge on any atom is -0.494 e. The predicted octanol–water partition coefficient (Wildman–Crippen LogP) is 5.02. The van der Waals surface area contributed by atoms with Crippen molar-refractivity contribution >= 4 is 44.2 Å². The topological polar surface area (TPSA) is 54.9 Å². The number of hydrogen-bond acceptors (Lipinski definition) is 6. The third-order valence-electron chi connectivity index (χ3n) is 5.15. The zero-order valence-corrected chi connectivity index (χ0v) is 19.9. The summed E-state index contributed by atoms with van der Waals surface area (Å²) in [6.07, 6.45) is 0. The van der Waals surface area contributed by atoms with Gasteiger partial charge in [-0.15, -0.1) is 0 Å². The monoisotopic (exact) mass is 461 g/mol. The number of ether oxygens (including phenoxy) is 2. The summed E-state index contributed by atoms with van der Waals surface area (Å²) >= 11 is 7.43. The molecule has 0 saturated heterocycles. The summed E-state index contributed by atoms with van der Waals surface area (Å²) in [5.41, 5.74) is 1.88. The van der Waals surface area contributed by atoms with Gasteiger partial charge in [0.15, 0.2) is 11.7 Å². The molecule has 3 aromatic rings. The molecular formula is C23H28ClN3O3S. The minimum absolute atomic E-state index is 0.0775. The summed E-state index contributed by atoms with van der Waals surface area (Å²) in [7, 11) is 1.63. The number of benzene rings is 2. The second-order valence-electron chi connectivity index (χ2n) is 7.07. The van der Waals surface area contributed by atoms with Crippen molar-refractivity contribution in [3.63, 3.8) is 0 Å². The van der Waals surface area contributed by atoms with Gasteiger partial charge in [-0.3, -0.25) is 9.69 Å². The quantitative estimate of drug-likeness (QED) is 0.424. The summed E-state index contributed by atoms with van der Waals surface area (Å²) in [6, 6.07) is 10.9. The molecule has 0 bridgehead atoms. The molecule has 0 radical (unpaired) electrons. The van der Waals surface area contributed by atoms with Crippen molar-refractivity contribution in [3.8, 4) is 11.5 Å². The molecule has 166 valence electrons. The van der Waals surface area contributed by atoms with Gasteiger partial charge in [-0.05, 0) is 55.9 Å². The molecule has 3 rings (SSSR count). The molecule has 0 spiro atoms. The number of aromatic nitrogens is 1. The number of halogens is 1. The summed E-state index contributed by atoms with van der Waals surface area (Å²) < 4.78 is 12.2. The van der Waals surface area contributed by atoms with Crippen molar-refractivity contribution < 1.29 is 14.3 Å². The maximum absolute atomic E-state index is 13.2. The summed E-state index contributed by atoms with van der Waals surface area (Å²) in [6.45, 7) is 9.33. The molecule has 2 aromatic carbocycles. The number of anilines is 1. The molecule has 31 heavy (non-hydrogen) atoms. The van der Waals surface area contributed by atoms with E-state index in [-0.39, 0.29) is 12.5 Å². The molecule has 0 aliphatic rings. The molecule has 1 heterocycles. The van der Waals surface area contributed by atoms with E-state index in [1.54, 1.807) is 36.3 Å². The minimum atomic E-state index is -0.141. The van der Waals surface area contributed by atoms with Crippen LogP contribution in [0.3, 0.4) is 0 Å². The van der Waals surface area contributed by atoms with E-state index in [0.29, 0.717) is 28.2 Å². The van der Waals surface area contributed by atoms with Crippen LogP contribution < -0.4 is 14.4 Å². The lowest BCUT2D eigenvalue weighted by molar-refractivity contribution is -0.120. The van der Waals surface area contributed by atoms with Crippen LogP contribution in [0, 0.1) is 6.92 Å². The van der Waals surface area contributed by atoms with E-state index in [1.165, 1.54) is 11.3 Å². The Morgan fingerprint density at radius 3 is 2.45 bits per heavy atom. The first-order valence-electron chi connectivity index (χ1n) is 10.3. The molecule has 8 heteroatoms. The van der Waals surface area contributed by atoms with Gasteiger partial charge in [0.1, 0.15) is 17.0 Å². The van der Waals surface area contributed by atoms with Crippen LogP contribution in [-0.4, -0.2) is 55.7 Å². The third-order valence-corrected chi connectivity index (χ3v) is 6.62. The van der Waals surface area contributed by atoms with Gasteiger partial charge in [0.05, 0.1) is 11.8 Å². The first kappa shape index (κ1) is 23.3. The van der Waals surface area contributed by atoms with Crippen LogP contribution in [-0.2, 0) is 4.79 Å². The van der Waals surface area contributed by atoms with Crippen molar-refractivity contribution in [3.05, 3.63) is 47.0 Å². The molecule has 1 amide bonds. The number of amides is 1. The van der Waals surface area contributed by atoms with E-state index in [2.05, 4.69) is 18.7 Å². The average Bonchev–Trinajstić information content (AvgIpc) is 3.22. The van der Waals surface area contributed by atoms with Crippen LogP contribution in [0.25, 0.3) is 10.2 Å². The summed E-state index contributed by atoms with van der Waals surface area (Å²) in [4.78, 5) is 21.9. The fourth-order valence-electron chi connectivity index (χ4n) is 3.24. The highest BCUT2D eigenvalue weighted by Crippen LogP contribution is 2.36. The van der Waals surface area contributed by atoms with E-state index in [4.69, 9.17) is 26.1 Å². The standard InChI is InChI=1S/C23H28ClN3O3S/c1-5-26(6-2)13-14-27(20(28)15-30-18-10-8-17(24)9-11-18)23-25-21-19(29-4)12-7-16(3)22(21)31-23/h7-12H,5-6,13-15H2,1-4H3. The van der Waals surface area contributed by atoms with Crippen LogP contribution in [0.5, 0.6) is 11.5 Å². The highest BCUT2D eigenvalue weighted by atomic mass is 35.5. The SMILES string of the molecule is CCN(CC)CCN(C(=O)COc1ccc(Cl)cc1)c1nc2c(OC)ccc(C)c2s1. The normalized spacial score (nSPS) is 11.2. The van der Waals surface area contributed by atoms with Crippen LogP contribution in [0.2, 0.25) is 5.02 Å². The van der Waals surface area contributed by atoms with Gasteiger partial charge in [-0.1, -0.05) is 42.9 Å². The number of likely N-dealkylation sites (N-methyl/N-ethyl adjacent to an activating group) is 1. The zero-order chi connectivity index (χ0) is 22.4. The second kappa shape index (κ2) is 10.8. The molecule has 0 unspecified atom stereocenters. The maximum atomic E-state index is 13.2. The van der Waals surface area contributed by atoms with Crippen LogP contribution in [0.1, 0.15) is 19.4 Å². The van der Waals surface area contributed by atoms with Crippen LogP contribution >= 0.6 is 22.9 Å². The van der Waals surface area contributed by atoms with Gasteiger partial charge >= 0.3 is 0 Å². The molecule has 0 N–H and O–H groups in total. The van der Waals surface area contributed by atoms with Crippen LogP contribution in [0.15, 0.2) is 36.4 Å².